The van der Waals surface area contributed by atoms with Crippen molar-refractivity contribution in [3.63, 3.8) is 0 Å². The van der Waals surface area contributed by atoms with Crippen molar-refractivity contribution in [2.75, 3.05) is 7.05 Å². The first-order valence-corrected chi connectivity index (χ1v) is 6.80. The summed E-state index contributed by atoms with van der Waals surface area (Å²) in [4.78, 5) is 1.40. The minimum Gasteiger partial charge on any atom is -0.309 e. The van der Waals surface area contributed by atoms with Gasteiger partial charge < -0.3 is 5.32 Å². The first kappa shape index (κ1) is 12.3. The molecule has 90 valence electrons. The standard InChI is InChI=1S/C15H19NS/c1-10-6-5-7-11(2)14(10)15(16-4)13-8-9-17-12(13)3/h5-9,15-16H,1-4H3. The van der Waals surface area contributed by atoms with Crippen LogP contribution >= 0.6 is 11.3 Å². The van der Waals surface area contributed by atoms with Crippen LogP contribution in [-0.4, -0.2) is 7.05 Å². The third-order valence-corrected chi connectivity index (χ3v) is 4.19. The molecule has 1 N–H and O–H groups in total. The van der Waals surface area contributed by atoms with Crippen LogP contribution in [0, 0.1) is 20.8 Å². The highest BCUT2D eigenvalue weighted by Gasteiger charge is 2.18. The number of aryl methyl sites for hydroxylation is 3. The van der Waals surface area contributed by atoms with Crippen molar-refractivity contribution in [2.45, 2.75) is 26.8 Å². The molecule has 0 saturated carbocycles. The minimum atomic E-state index is 0.308. The molecule has 1 unspecified atom stereocenters. The Morgan fingerprint density at radius 1 is 1.06 bits per heavy atom. The van der Waals surface area contributed by atoms with Crippen LogP contribution < -0.4 is 5.32 Å². The third kappa shape index (κ3) is 2.28. The largest absolute Gasteiger partial charge is 0.309 e. The van der Waals surface area contributed by atoms with Crippen LogP contribution in [0.3, 0.4) is 0 Å². The van der Waals surface area contributed by atoms with E-state index in [0.29, 0.717) is 6.04 Å². The average molecular weight is 245 g/mol. The van der Waals surface area contributed by atoms with E-state index >= 15 is 0 Å². The van der Waals surface area contributed by atoms with Crippen molar-refractivity contribution in [1.29, 1.82) is 0 Å². The Morgan fingerprint density at radius 3 is 2.18 bits per heavy atom. The van der Waals surface area contributed by atoms with Crippen molar-refractivity contribution in [2.24, 2.45) is 0 Å². The molecule has 0 amide bonds. The van der Waals surface area contributed by atoms with Crippen LogP contribution in [0.15, 0.2) is 29.6 Å². The number of benzene rings is 1. The number of rotatable bonds is 3. The lowest BCUT2D eigenvalue weighted by atomic mass is 9.92. The molecule has 2 rings (SSSR count). The molecule has 0 fully saturated rings. The van der Waals surface area contributed by atoms with Crippen molar-refractivity contribution in [3.8, 4) is 0 Å². The second-order valence-corrected chi connectivity index (χ2v) is 5.58. The fourth-order valence-corrected chi connectivity index (χ4v) is 3.17. The molecule has 0 spiro atoms. The second kappa shape index (κ2) is 5.03. The highest BCUT2D eigenvalue weighted by Crippen LogP contribution is 2.31. The van der Waals surface area contributed by atoms with Crippen molar-refractivity contribution in [3.05, 3.63) is 56.8 Å². The van der Waals surface area contributed by atoms with E-state index in [-0.39, 0.29) is 0 Å². The highest BCUT2D eigenvalue weighted by molar-refractivity contribution is 7.10. The molecule has 1 aromatic heterocycles. The van der Waals surface area contributed by atoms with E-state index < -0.39 is 0 Å². The van der Waals surface area contributed by atoms with Gasteiger partial charge in [0.2, 0.25) is 0 Å². The molecule has 2 aromatic rings. The van der Waals surface area contributed by atoms with E-state index in [1.807, 2.05) is 18.4 Å². The predicted molar refractivity (Wildman–Crippen MR) is 75.9 cm³/mol. The molecule has 1 nitrogen and oxygen atoms in total. The Balaban J connectivity index is 2.53. The molecule has 0 aliphatic heterocycles. The van der Waals surface area contributed by atoms with Gasteiger partial charge >= 0.3 is 0 Å². The predicted octanol–water partition coefficient (Wildman–Crippen LogP) is 3.98. The summed E-state index contributed by atoms with van der Waals surface area (Å²) < 4.78 is 0. The summed E-state index contributed by atoms with van der Waals surface area (Å²) in [6.07, 6.45) is 0. The number of hydrogen-bond donors (Lipinski definition) is 1. The van der Waals surface area contributed by atoms with Gasteiger partial charge in [-0.15, -0.1) is 11.3 Å². The zero-order valence-corrected chi connectivity index (χ0v) is 11.7. The minimum absolute atomic E-state index is 0.308. The first-order chi connectivity index (χ1) is 8.15. The lowest BCUT2D eigenvalue weighted by Gasteiger charge is -2.21. The van der Waals surface area contributed by atoms with Gasteiger partial charge in [-0.1, -0.05) is 18.2 Å². The normalized spacial score (nSPS) is 12.7. The molecule has 0 bridgehead atoms. The van der Waals surface area contributed by atoms with Gasteiger partial charge in [0.25, 0.3) is 0 Å². The topological polar surface area (TPSA) is 12.0 Å². The van der Waals surface area contributed by atoms with Crippen molar-refractivity contribution >= 4 is 11.3 Å². The maximum Gasteiger partial charge on any atom is 0.0590 e. The Morgan fingerprint density at radius 2 is 1.71 bits per heavy atom. The van der Waals surface area contributed by atoms with E-state index in [9.17, 15) is 0 Å². The maximum atomic E-state index is 3.45. The Hall–Kier alpha value is -1.12. The first-order valence-electron chi connectivity index (χ1n) is 5.92. The SMILES string of the molecule is CNC(c1ccsc1C)c1c(C)cccc1C. The fraction of sp³-hybridized carbons (Fsp3) is 0.333. The summed E-state index contributed by atoms with van der Waals surface area (Å²) >= 11 is 1.81. The molecular formula is C15H19NS. The zero-order valence-electron chi connectivity index (χ0n) is 10.9. The van der Waals surface area contributed by atoms with Crippen molar-refractivity contribution in [1.82, 2.24) is 5.32 Å². The molecule has 1 atom stereocenters. The molecule has 1 aromatic carbocycles. The summed E-state index contributed by atoms with van der Waals surface area (Å²) in [6, 6.07) is 9.04. The summed E-state index contributed by atoms with van der Waals surface area (Å²) in [7, 11) is 2.04. The van der Waals surface area contributed by atoms with Gasteiger partial charge in [0, 0.05) is 4.88 Å². The quantitative estimate of drug-likeness (QED) is 0.862. The molecular weight excluding hydrogens is 226 g/mol. The molecule has 17 heavy (non-hydrogen) atoms. The zero-order chi connectivity index (χ0) is 12.4. The van der Waals surface area contributed by atoms with Gasteiger partial charge in [0.15, 0.2) is 0 Å². The lowest BCUT2D eigenvalue weighted by Crippen LogP contribution is -2.19. The van der Waals surface area contributed by atoms with E-state index in [1.165, 1.54) is 27.1 Å². The summed E-state index contributed by atoms with van der Waals surface area (Å²) in [5.74, 6) is 0. The second-order valence-electron chi connectivity index (χ2n) is 4.46. The van der Waals surface area contributed by atoms with Crippen LogP contribution in [0.25, 0.3) is 0 Å². The molecule has 0 aliphatic carbocycles. The van der Waals surface area contributed by atoms with E-state index in [0.717, 1.165) is 0 Å². The molecule has 0 radical (unpaired) electrons. The number of thiophene rings is 1. The van der Waals surface area contributed by atoms with Gasteiger partial charge in [-0.2, -0.15) is 0 Å². The number of nitrogens with one attached hydrogen (secondary N) is 1. The summed E-state index contributed by atoms with van der Waals surface area (Å²) in [6.45, 7) is 6.57. The van der Waals surface area contributed by atoms with E-state index in [4.69, 9.17) is 0 Å². The van der Waals surface area contributed by atoms with Crippen LogP contribution in [0.2, 0.25) is 0 Å². The van der Waals surface area contributed by atoms with Crippen LogP contribution in [-0.2, 0) is 0 Å². The Bertz CT molecular complexity index is 493. The summed E-state index contributed by atoms with van der Waals surface area (Å²) in [5, 5.41) is 5.62. The van der Waals surface area contributed by atoms with Gasteiger partial charge in [0.1, 0.15) is 0 Å². The molecule has 1 heterocycles. The Kier molecular flexibility index (Phi) is 3.65. The van der Waals surface area contributed by atoms with Crippen LogP contribution in [0.4, 0.5) is 0 Å². The Labute approximate surface area is 108 Å². The van der Waals surface area contributed by atoms with Crippen LogP contribution in [0.1, 0.15) is 33.2 Å². The van der Waals surface area contributed by atoms with Crippen LogP contribution in [0.5, 0.6) is 0 Å². The fourth-order valence-electron chi connectivity index (χ4n) is 2.43. The number of hydrogen-bond acceptors (Lipinski definition) is 2. The molecule has 0 aliphatic rings. The lowest BCUT2D eigenvalue weighted by molar-refractivity contribution is 0.682. The monoisotopic (exact) mass is 245 g/mol. The highest BCUT2D eigenvalue weighted by atomic mass is 32.1. The van der Waals surface area contributed by atoms with Gasteiger partial charge in [-0.05, 0) is 61.5 Å². The van der Waals surface area contributed by atoms with Gasteiger partial charge in [0.05, 0.1) is 6.04 Å². The van der Waals surface area contributed by atoms with E-state index in [1.54, 1.807) is 0 Å². The average Bonchev–Trinajstić information content (AvgIpc) is 2.70. The smallest absolute Gasteiger partial charge is 0.0590 e. The maximum absolute atomic E-state index is 3.45. The van der Waals surface area contributed by atoms with Gasteiger partial charge in [-0.25, -0.2) is 0 Å². The van der Waals surface area contributed by atoms with Gasteiger partial charge in [-0.3, -0.25) is 0 Å². The third-order valence-electron chi connectivity index (χ3n) is 3.33. The van der Waals surface area contributed by atoms with Crippen molar-refractivity contribution < 1.29 is 0 Å². The molecule has 2 heteroatoms. The van der Waals surface area contributed by atoms with E-state index in [2.05, 4.69) is 55.7 Å². The summed E-state index contributed by atoms with van der Waals surface area (Å²) in [5.41, 5.74) is 5.52. The molecule has 0 saturated heterocycles.